The average molecular weight is 338 g/mol. The van der Waals surface area contributed by atoms with Gasteiger partial charge in [-0.3, -0.25) is 4.79 Å². The number of aromatic nitrogens is 1. The number of carbonyl (C=O) groups is 1. The van der Waals surface area contributed by atoms with Gasteiger partial charge in [0, 0.05) is 11.1 Å². The third-order valence-corrected chi connectivity index (χ3v) is 5.28. The van der Waals surface area contributed by atoms with Crippen LogP contribution in [0, 0.1) is 18.7 Å². The second-order valence-corrected chi connectivity index (χ2v) is 7.46. The van der Waals surface area contributed by atoms with Crippen LogP contribution in [0.3, 0.4) is 0 Å². The molecule has 1 heterocycles. The van der Waals surface area contributed by atoms with Crippen molar-refractivity contribution in [3.63, 3.8) is 0 Å². The number of nitrogens with one attached hydrogen (secondary N) is 1. The summed E-state index contributed by atoms with van der Waals surface area (Å²) in [5, 5.41) is 4.99. The second kappa shape index (κ2) is 7.74. The van der Waals surface area contributed by atoms with Crippen molar-refractivity contribution in [3.8, 4) is 0 Å². The van der Waals surface area contributed by atoms with E-state index in [1.54, 1.807) is 23.5 Å². The first-order valence-corrected chi connectivity index (χ1v) is 8.92. The zero-order chi connectivity index (χ0) is 16.1. The Labute approximate surface area is 138 Å². The molecule has 0 bridgehead atoms. The van der Waals surface area contributed by atoms with E-state index in [0.717, 1.165) is 15.6 Å². The topological polar surface area (TPSA) is 42.0 Å². The SMILES string of the molecule is Cc1csc(SCC(=O)NC(c2ccc(F)cc2)C(C)C)n1. The molecule has 0 aliphatic carbocycles. The van der Waals surface area contributed by atoms with Gasteiger partial charge >= 0.3 is 0 Å². The summed E-state index contributed by atoms with van der Waals surface area (Å²) in [6.45, 7) is 6.00. The van der Waals surface area contributed by atoms with Gasteiger partial charge in [-0.05, 0) is 30.5 Å². The van der Waals surface area contributed by atoms with E-state index in [0.29, 0.717) is 5.75 Å². The summed E-state index contributed by atoms with van der Waals surface area (Å²) in [6, 6.07) is 6.16. The smallest absolute Gasteiger partial charge is 0.230 e. The molecule has 1 aromatic heterocycles. The van der Waals surface area contributed by atoms with Crippen LogP contribution >= 0.6 is 23.1 Å². The van der Waals surface area contributed by atoms with E-state index in [1.165, 1.54) is 23.9 Å². The Balaban J connectivity index is 1.95. The van der Waals surface area contributed by atoms with Gasteiger partial charge < -0.3 is 5.32 Å². The van der Waals surface area contributed by atoms with Gasteiger partial charge in [-0.2, -0.15) is 0 Å². The predicted octanol–water partition coefficient (Wildman–Crippen LogP) is 4.20. The summed E-state index contributed by atoms with van der Waals surface area (Å²) in [5.74, 6) is 0.242. The normalized spacial score (nSPS) is 12.4. The quantitative estimate of drug-likeness (QED) is 0.803. The molecule has 1 unspecified atom stereocenters. The molecule has 6 heteroatoms. The molecule has 1 atom stereocenters. The largest absolute Gasteiger partial charge is 0.348 e. The molecule has 118 valence electrons. The number of halogens is 1. The Morgan fingerprint density at radius 3 is 2.59 bits per heavy atom. The molecule has 0 radical (unpaired) electrons. The Morgan fingerprint density at radius 1 is 1.36 bits per heavy atom. The Bertz CT molecular complexity index is 625. The lowest BCUT2D eigenvalue weighted by Gasteiger charge is -2.22. The van der Waals surface area contributed by atoms with Gasteiger partial charge in [0.15, 0.2) is 4.34 Å². The lowest BCUT2D eigenvalue weighted by molar-refractivity contribution is -0.119. The molecule has 2 aromatic rings. The fourth-order valence-corrected chi connectivity index (χ4v) is 3.71. The zero-order valence-corrected chi connectivity index (χ0v) is 14.4. The van der Waals surface area contributed by atoms with Crippen LogP contribution in [0.4, 0.5) is 4.39 Å². The molecular formula is C16H19FN2OS2. The standard InChI is InChI=1S/C16H19FN2OS2/c1-10(2)15(12-4-6-13(17)7-5-12)19-14(20)9-22-16-18-11(3)8-21-16/h4-8,10,15H,9H2,1-3H3,(H,19,20). The minimum Gasteiger partial charge on any atom is -0.348 e. The zero-order valence-electron chi connectivity index (χ0n) is 12.8. The van der Waals surface area contributed by atoms with Gasteiger partial charge in [0.25, 0.3) is 0 Å². The Morgan fingerprint density at radius 2 is 2.05 bits per heavy atom. The van der Waals surface area contributed by atoms with Gasteiger partial charge in [-0.25, -0.2) is 9.37 Å². The molecule has 0 aliphatic heterocycles. The minimum atomic E-state index is -0.271. The molecule has 1 N–H and O–H groups in total. The van der Waals surface area contributed by atoms with Crippen LogP contribution in [0.5, 0.6) is 0 Å². The van der Waals surface area contributed by atoms with Crippen molar-refractivity contribution in [1.29, 1.82) is 0 Å². The molecule has 22 heavy (non-hydrogen) atoms. The van der Waals surface area contributed by atoms with Crippen molar-refractivity contribution in [1.82, 2.24) is 10.3 Å². The highest BCUT2D eigenvalue weighted by molar-refractivity contribution is 8.01. The predicted molar refractivity (Wildman–Crippen MR) is 89.7 cm³/mol. The number of thiazole rings is 1. The summed E-state index contributed by atoms with van der Waals surface area (Å²) in [6.07, 6.45) is 0. The number of amides is 1. The maximum Gasteiger partial charge on any atom is 0.230 e. The number of thioether (sulfide) groups is 1. The first kappa shape index (κ1) is 17.0. The van der Waals surface area contributed by atoms with E-state index in [9.17, 15) is 9.18 Å². The van der Waals surface area contributed by atoms with E-state index in [2.05, 4.69) is 10.3 Å². The number of nitrogens with zero attached hydrogens (tertiary/aromatic N) is 1. The summed E-state index contributed by atoms with van der Waals surface area (Å²) in [7, 11) is 0. The van der Waals surface area contributed by atoms with Crippen LogP contribution in [0.1, 0.15) is 31.1 Å². The number of hydrogen-bond donors (Lipinski definition) is 1. The van der Waals surface area contributed by atoms with E-state index < -0.39 is 0 Å². The number of aryl methyl sites for hydroxylation is 1. The van der Waals surface area contributed by atoms with Crippen LogP contribution in [0.2, 0.25) is 0 Å². The molecular weight excluding hydrogens is 319 g/mol. The molecule has 0 aliphatic rings. The molecule has 0 saturated carbocycles. The molecule has 1 amide bonds. The van der Waals surface area contributed by atoms with Crippen LogP contribution < -0.4 is 5.32 Å². The van der Waals surface area contributed by atoms with Crippen molar-refractivity contribution in [2.45, 2.75) is 31.2 Å². The van der Waals surface area contributed by atoms with Crippen LogP contribution in [-0.2, 0) is 4.79 Å². The molecule has 1 aromatic carbocycles. The van der Waals surface area contributed by atoms with Gasteiger partial charge in [0.05, 0.1) is 11.8 Å². The van der Waals surface area contributed by atoms with Gasteiger partial charge in [-0.15, -0.1) is 11.3 Å². The Kier molecular flexibility index (Phi) is 5.97. The average Bonchev–Trinajstić information content (AvgIpc) is 2.89. The summed E-state index contributed by atoms with van der Waals surface area (Å²) in [4.78, 5) is 16.5. The van der Waals surface area contributed by atoms with Crippen LogP contribution in [0.25, 0.3) is 0 Å². The van der Waals surface area contributed by atoms with Gasteiger partial charge in [-0.1, -0.05) is 37.7 Å². The van der Waals surface area contributed by atoms with Crippen LogP contribution in [-0.4, -0.2) is 16.6 Å². The van der Waals surface area contributed by atoms with Crippen molar-refractivity contribution in [2.24, 2.45) is 5.92 Å². The summed E-state index contributed by atoms with van der Waals surface area (Å²) >= 11 is 2.98. The van der Waals surface area contributed by atoms with E-state index >= 15 is 0 Å². The van der Waals surface area contributed by atoms with Crippen molar-refractivity contribution >= 4 is 29.0 Å². The number of hydrogen-bond acceptors (Lipinski definition) is 4. The monoisotopic (exact) mass is 338 g/mol. The fraction of sp³-hybridized carbons (Fsp3) is 0.375. The lowest BCUT2D eigenvalue weighted by Crippen LogP contribution is -2.32. The van der Waals surface area contributed by atoms with E-state index in [4.69, 9.17) is 0 Å². The third-order valence-electron chi connectivity index (χ3n) is 3.14. The first-order chi connectivity index (χ1) is 10.5. The highest BCUT2D eigenvalue weighted by Crippen LogP contribution is 2.24. The molecule has 3 nitrogen and oxygen atoms in total. The lowest BCUT2D eigenvalue weighted by atomic mass is 9.96. The number of benzene rings is 1. The molecule has 0 fully saturated rings. The first-order valence-electron chi connectivity index (χ1n) is 7.05. The maximum absolute atomic E-state index is 13.0. The van der Waals surface area contributed by atoms with Gasteiger partial charge in [0.2, 0.25) is 5.91 Å². The molecule has 0 saturated heterocycles. The summed E-state index contributed by atoms with van der Waals surface area (Å²) < 4.78 is 13.9. The van der Waals surface area contributed by atoms with Crippen molar-refractivity contribution < 1.29 is 9.18 Å². The van der Waals surface area contributed by atoms with Crippen molar-refractivity contribution in [2.75, 3.05) is 5.75 Å². The maximum atomic E-state index is 13.0. The fourth-order valence-electron chi connectivity index (χ4n) is 2.05. The molecule has 0 spiro atoms. The number of rotatable bonds is 6. The minimum absolute atomic E-state index is 0.0409. The second-order valence-electron chi connectivity index (χ2n) is 5.38. The van der Waals surface area contributed by atoms with Crippen molar-refractivity contribution in [3.05, 3.63) is 46.7 Å². The highest BCUT2D eigenvalue weighted by Gasteiger charge is 2.18. The molecule has 2 rings (SSSR count). The Hall–Kier alpha value is -1.40. The van der Waals surface area contributed by atoms with Crippen LogP contribution in [0.15, 0.2) is 34.0 Å². The van der Waals surface area contributed by atoms with E-state index in [1.807, 2.05) is 26.2 Å². The van der Waals surface area contributed by atoms with E-state index in [-0.39, 0.29) is 23.7 Å². The number of carbonyl (C=O) groups excluding carboxylic acids is 1. The third kappa shape index (κ3) is 4.81. The highest BCUT2D eigenvalue weighted by atomic mass is 32.2. The van der Waals surface area contributed by atoms with Gasteiger partial charge in [0.1, 0.15) is 5.82 Å². The summed E-state index contributed by atoms with van der Waals surface area (Å²) in [5.41, 5.74) is 1.89.